The van der Waals surface area contributed by atoms with Gasteiger partial charge in [0, 0.05) is 38.4 Å². The van der Waals surface area contributed by atoms with Crippen LogP contribution in [0.5, 0.6) is 11.5 Å². The average molecular weight is 556 g/mol. The molecule has 0 bridgehead atoms. The number of aromatic nitrogens is 1. The molecule has 1 aromatic heterocycles. The standard InChI is InChI=1S/C24H36N4O3.HI/c1-5-30-21-13-12-20(18-22(21)31-6-2)14-16-27-24(25-4)26-15-7-8-17-28-19(3)10-9-11-23(28)29;/h9-13,18H,5-8,14-17H2,1-4H3,(H2,25,26,27);1H. The first-order chi connectivity index (χ1) is 15.1. The van der Waals surface area contributed by atoms with Gasteiger partial charge < -0.3 is 24.7 Å². The quantitative estimate of drug-likeness (QED) is 0.180. The number of nitrogens with zero attached hydrogens (tertiary/aromatic N) is 2. The van der Waals surface area contributed by atoms with Crippen molar-refractivity contribution in [3.8, 4) is 11.5 Å². The minimum atomic E-state index is 0. The second kappa shape index (κ2) is 15.6. The van der Waals surface area contributed by atoms with Crippen molar-refractivity contribution in [1.82, 2.24) is 15.2 Å². The Morgan fingerprint density at radius 2 is 1.72 bits per heavy atom. The number of guanidine groups is 1. The zero-order valence-corrected chi connectivity index (χ0v) is 22.0. The summed E-state index contributed by atoms with van der Waals surface area (Å²) >= 11 is 0. The van der Waals surface area contributed by atoms with Gasteiger partial charge in [-0.15, -0.1) is 24.0 Å². The maximum atomic E-state index is 11.9. The van der Waals surface area contributed by atoms with Gasteiger partial charge in [-0.25, -0.2) is 0 Å². The molecule has 0 atom stereocenters. The first kappa shape index (κ1) is 27.8. The first-order valence-electron chi connectivity index (χ1n) is 11.1. The Labute approximate surface area is 208 Å². The third-order valence-corrected chi connectivity index (χ3v) is 4.91. The van der Waals surface area contributed by atoms with Gasteiger partial charge in [-0.2, -0.15) is 0 Å². The Kier molecular flexibility index (Phi) is 13.5. The van der Waals surface area contributed by atoms with E-state index in [2.05, 4.69) is 21.7 Å². The van der Waals surface area contributed by atoms with Crippen molar-refractivity contribution in [2.45, 2.75) is 46.6 Å². The summed E-state index contributed by atoms with van der Waals surface area (Å²) < 4.78 is 13.1. The number of rotatable bonds is 12. The number of halogens is 1. The lowest BCUT2D eigenvalue weighted by atomic mass is 10.1. The Morgan fingerprint density at radius 3 is 2.41 bits per heavy atom. The number of ether oxygens (including phenoxy) is 2. The minimum absolute atomic E-state index is 0. The number of hydrogen-bond acceptors (Lipinski definition) is 4. The van der Waals surface area contributed by atoms with E-state index in [4.69, 9.17) is 9.47 Å². The van der Waals surface area contributed by atoms with Crippen molar-refractivity contribution in [1.29, 1.82) is 0 Å². The van der Waals surface area contributed by atoms with E-state index >= 15 is 0 Å². The molecule has 0 radical (unpaired) electrons. The van der Waals surface area contributed by atoms with Gasteiger partial charge in [0.2, 0.25) is 0 Å². The van der Waals surface area contributed by atoms with Crippen molar-refractivity contribution in [3.05, 3.63) is 58.0 Å². The van der Waals surface area contributed by atoms with Crippen molar-refractivity contribution in [3.63, 3.8) is 0 Å². The number of unbranched alkanes of at least 4 members (excludes halogenated alkanes) is 1. The number of benzene rings is 1. The molecular weight excluding hydrogens is 519 g/mol. The highest BCUT2D eigenvalue weighted by molar-refractivity contribution is 14.0. The lowest BCUT2D eigenvalue weighted by Crippen LogP contribution is -2.38. The summed E-state index contributed by atoms with van der Waals surface area (Å²) in [6.45, 7) is 9.43. The molecule has 1 aromatic carbocycles. The fourth-order valence-corrected chi connectivity index (χ4v) is 3.31. The molecule has 0 fully saturated rings. The molecule has 0 saturated carbocycles. The summed E-state index contributed by atoms with van der Waals surface area (Å²) in [6, 6.07) is 11.5. The van der Waals surface area contributed by atoms with E-state index in [1.165, 1.54) is 5.56 Å². The van der Waals surface area contributed by atoms with Crippen LogP contribution in [0.3, 0.4) is 0 Å². The topological polar surface area (TPSA) is 76.9 Å². The van der Waals surface area contributed by atoms with Crippen LogP contribution in [0.1, 0.15) is 37.9 Å². The Hall–Kier alpha value is -2.23. The molecule has 2 aromatic rings. The molecule has 0 saturated heterocycles. The van der Waals surface area contributed by atoms with Gasteiger partial charge in [-0.1, -0.05) is 12.1 Å². The smallest absolute Gasteiger partial charge is 0.250 e. The molecule has 0 unspecified atom stereocenters. The highest BCUT2D eigenvalue weighted by Crippen LogP contribution is 2.28. The predicted octanol–water partition coefficient (Wildman–Crippen LogP) is 3.76. The molecule has 0 aliphatic carbocycles. The Bertz CT molecular complexity index is 899. The summed E-state index contributed by atoms with van der Waals surface area (Å²) in [5.41, 5.74) is 2.24. The van der Waals surface area contributed by atoms with Crippen molar-refractivity contribution >= 4 is 29.9 Å². The number of aryl methyl sites for hydroxylation is 1. The normalized spacial score (nSPS) is 10.9. The second-order valence-electron chi connectivity index (χ2n) is 7.19. The van der Waals surface area contributed by atoms with Crippen LogP contribution in [0.25, 0.3) is 0 Å². The van der Waals surface area contributed by atoms with E-state index in [9.17, 15) is 4.79 Å². The van der Waals surface area contributed by atoms with E-state index in [1.807, 2.05) is 43.5 Å². The third-order valence-electron chi connectivity index (χ3n) is 4.91. The highest BCUT2D eigenvalue weighted by atomic mass is 127. The largest absolute Gasteiger partial charge is 0.490 e. The van der Waals surface area contributed by atoms with Crippen LogP contribution in [0, 0.1) is 6.92 Å². The lowest BCUT2D eigenvalue weighted by Gasteiger charge is -2.14. The molecule has 2 rings (SSSR count). The molecule has 0 aliphatic rings. The fraction of sp³-hybridized carbons (Fsp3) is 0.500. The molecule has 0 spiro atoms. The molecular formula is C24H37IN4O3. The molecule has 2 N–H and O–H groups in total. The molecule has 1 heterocycles. The molecule has 8 heteroatoms. The molecule has 0 amide bonds. The Balaban J connectivity index is 0.00000512. The summed E-state index contributed by atoms with van der Waals surface area (Å²) in [5, 5.41) is 6.68. The number of hydrogen-bond donors (Lipinski definition) is 2. The first-order valence-corrected chi connectivity index (χ1v) is 11.1. The fourth-order valence-electron chi connectivity index (χ4n) is 3.31. The second-order valence-corrected chi connectivity index (χ2v) is 7.19. The summed E-state index contributed by atoms with van der Waals surface area (Å²) in [5.74, 6) is 2.35. The van der Waals surface area contributed by atoms with Crippen LogP contribution in [-0.4, -0.2) is 43.9 Å². The number of nitrogens with one attached hydrogen (secondary N) is 2. The van der Waals surface area contributed by atoms with Gasteiger partial charge in [0.05, 0.1) is 13.2 Å². The van der Waals surface area contributed by atoms with Crippen LogP contribution in [0.4, 0.5) is 0 Å². The molecule has 0 aliphatic heterocycles. The van der Waals surface area contributed by atoms with E-state index in [0.29, 0.717) is 13.2 Å². The van der Waals surface area contributed by atoms with Crippen LogP contribution in [0.2, 0.25) is 0 Å². The van der Waals surface area contributed by atoms with E-state index in [0.717, 1.165) is 62.0 Å². The van der Waals surface area contributed by atoms with Crippen LogP contribution < -0.4 is 25.7 Å². The molecule has 32 heavy (non-hydrogen) atoms. The van der Waals surface area contributed by atoms with E-state index in [-0.39, 0.29) is 29.5 Å². The zero-order valence-electron chi connectivity index (χ0n) is 19.6. The van der Waals surface area contributed by atoms with Crippen molar-refractivity contribution in [2.75, 3.05) is 33.4 Å². The van der Waals surface area contributed by atoms with Gasteiger partial charge in [0.1, 0.15) is 0 Å². The van der Waals surface area contributed by atoms with Crippen molar-refractivity contribution in [2.24, 2.45) is 4.99 Å². The highest BCUT2D eigenvalue weighted by Gasteiger charge is 2.06. The lowest BCUT2D eigenvalue weighted by molar-refractivity contribution is 0.287. The minimum Gasteiger partial charge on any atom is -0.490 e. The predicted molar refractivity (Wildman–Crippen MR) is 142 cm³/mol. The summed E-state index contributed by atoms with van der Waals surface area (Å²) in [6.07, 6.45) is 2.74. The SMILES string of the molecule is CCOc1ccc(CCNC(=NC)NCCCCn2c(C)cccc2=O)cc1OCC.I. The van der Waals surface area contributed by atoms with Gasteiger partial charge in [-0.3, -0.25) is 9.79 Å². The monoisotopic (exact) mass is 556 g/mol. The Morgan fingerprint density at radius 1 is 1.00 bits per heavy atom. The van der Waals surface area contributed by atoms with Crippen molar-refractivity contribution < 1.29 is 9.47 Å². The van der Waals surface area contributed by atoms with Crippen LogP contribution in [0.15, 0.2) is 46.2 Å². The van der Waals surface area contributed by atoms with Crippen LogP contribution in [-0.2, 0) is 13.0 Å². The van der Waals surface area contributed by atoms with Gasteiger partial charge in [-0.05, 0) is 63.8 Å². The third kappa shape index (κ3) is 9.10. The average Bonchev–Trinajstić information content (AvgIpc) is 2.76. The van der Waals surface area contributed by atoms with E-state index in [1.54, 1.807) is 19.2 Å². The number of pyridine rings is 1. The molecule has 7 nitrogen and oxygen atoms in total. The zero-order chi connectivity index (χ0) is 22.5. The van der Waals surface area contributed by atoms with Crippen LogP contribution >= 0.6 is 24.0 Å². The maximum Gasteiger partial charge on any atom is 0.250 e. The summed E-state index contributed by atoms with van der Waals surface area (Å²) in [4.78, 5) is 16.2. The van der Waals surface area contributed by atoms with Gasteiger partial charge in [0.15, 0.2) is 17.5 Å². The number of aliphatic imine (C=N–C) groups is 1. The maximum absolute atomic E-state index is 11.9. The molecule has 178 valence electrons. The summed E-state index contributed by atoms with van der Waals surface area (Å²) in [7, 11) is 1.77. The van der Waals surface area contributed by atoms with Gasteiger partial charge in [0.25, 0.3) is 5.56 Å². The van der Waals surface area contributed by atoms with Gasteiger partial charge >= 0.3 is 0 Å². The van der Waals surface area contributed by atoms with E-state index < -0.39 is 0 Å².